The van der Waals surface area contributed by atoms with E-state index in [0.29, 0.717) is 28.0 Å². The van der Waals surface area contributed by atoms with E-state index in [-0.39, 0.29) is 24.2 Å². The van der Waals surface area contributed by atoms with E-state index in [1.165, 1.54) is 18.1 Å². The van der Waals surface area contributed by atoms with Crippen LogP contribution in [0.1, 0.15) is 28.3 Å². The molecule has 1 aliphatic rings. The Hall–Kier alpha value is -3.75. The Balaban J connectivity index is 1.41. The molecule has 0 saturated carbocycles. The van der Waals surface area contributed by atoms with E-state index in [4.69, 9.17) is 4.74 Å². The number of nitrogens with zero attached hydrogens (tertiary/aromatic N) is 3. The van der Waals surface area contributed by atoms with Gasteiger partial charge >= 0.3 is 6.55 Å². The minimum absolute atomic E-state index is 0.0771. The summed E-state index contributed by atoms with van der Waals surface area (Å²) in [6.45, 7) is -2.82. The summed E-state index contributed by atoms with van der Waals surface area (Å²) >= 11 is 0. The van der Waals surface area contributed by atoms with Crippen molar-refractivity contribution in [1.82, 2.24) is 14.5 Å². The number of fused-ring (bicyclic) bond motifs is 1. The Bertz CT molecular complexity index is 1090. The molecule has 1 N–H and O–H groups in total. The van der Waals surface area contributed by atoms with Gasteiger partial charge in [-0.15, -0.1) is 0 Å². The molecule has 4 rings (SSSR count). The third kappa shape index (κ3) is 4.40. The number of carbonyl (C=O) groups is 2. The van der Waals surface area contributed by atoms with Gasteiger partial charge in [-0.3, -0.25) is 14.2 Å². The van der Waals surface area contributed by atoms with Gasteiger partial charge in [0.1, 0.15) is 11.6 Å². The Labute approximate surface area is 177 Å². The number of para-hydroxylation sites is 1. The smallest absolute Gasteiger partial charge is 0.319 e. The average Bonchev–Trinajstić information content (AvgIpc) is 3.40. The maximum atomic E-state index is 13.0. The predicted molar refractivity (Wildman–Crippen MR) is 109 cm³/mol. The minimum Gasteiger partial charge on any atom is -0.480 e. The number of anilines is 1. The van der Waals surface area contributed by atoms with Crippen molar-refractivity contribution >= 4 is 17.5 Å². The van der Waals surface area contributed by atoms with Gasteiger partial charge in [0.25, 0.3) is 11.8 Å². The first-order chi connectivity index (χ1) is 14.9. The first kappa shape index (κ1) is 20.5. The number of halogens is 2. The van der Waals surface area contributed by atoms with Crippen molar-refractivity contribution in [3.63, 3.8) is 0 Å². The van der Waals surface area contributed by atoms with Crippen molar-refractivity contribution in [2.75, 3.05) is 12.4 Å². The van der Waals surface area contributed by atoms with Gasteiger partial charge in [0.15, 0.2) is 6.10 Å². The number of alkyl halides is 2. The quantitative estimate of drug-likeness (QED) is 0.655. The molecule has 2 aromatic carbocycles. The molecule has 0 fully saturated rings. The van der Waals surface area contributed by atoms with Crippen molar-refractivity contribution < 1.29 is 23.1 Å². The third-order valence-corrected chi connectivity index (χ3v) is 5.00. The summed E-state index contributed by atoms with van der Waals surface area (Å²) in [7, 11) is 1.50. The Morgan fingerprint density at radius 3 is 2.84 bits per heavy atom. The molecule has 160 valence electrons. The number of hydrogen-bond donors (Lipinski definition) is 1. The highest BCUT2D eigenvalue weighted by atomic mass is 19.3. The summed E-state index contributed by atoms with van der Waals surface area (Å²) in [4.78, 5) is 30.5. The molecule has 1 aliphatic heterocycles. The number of benzene rings is 2. The maximum Gasteiger partial charge on any atom is 0.319 e. The Morgan fingerprint density at radius 2 is 2.06 bits per heavy atom. The lowest BCUT2D eigenvalue weighted by molar-refractivity contribution is -0.122. The number of rotatable bonds is 6. The first-order valence-corrected chi connectivity index (χ1v) is 9.63. The van der Waals surface area contributed by atoms with Crippen LogP contribution < -0.4 is 10.1 Å². The molecule has 2 amide bonds. The molecule has 0 saturated heterocycles. The minimum atomic E-state index is -2.73. The third-order valence-electron chi connectivity index (χ3n) is 5.00. The van der Waals surface area contributed by atoms with E-state index in [1.807, 2.05) is 24.3 Å². The van der Waals surface area contributed by atoms with Crippen LogP contribution >= 0.6 is 0 Å². The monoisotopic (exact) mass is 426 g/mol. The second-order valence-corrected chi connectivity index (χ2v) is 7.18. The molecule has 31 heavy (non-hydrogen) atoms. The normalized spacial score (nSPS) is 14.8. The number of carbonyl (C=O) groups excluding carboxylic acids is 2. The maximum absolute atomic E-state index is 13.0. The van der Waals surface area contributed by atoms with E-state index in [1.54, 1.807) is 24.3 Å². The van der Waals surface area contributed by atoms with Crippen LogP contribution in [0.3, 0.4) is 0 Å². The summed E-state index contributed by atoms with van der Waals surface area (Å²) in [5, 5.41) is 2.77. The highest BCUT2D eigenvalue weighted by Crippen LogP contribution is 2.28. The van der Waals surface area contributed by atoms with Gasteiger partial charge in [0, 0.05) is 37.1 Å². The number of nitrogens with one attached hydrogen (secondary N) is 1. The zero-order chi connectivity index (χ0) is 22.0. The standard InChI is InChI=1S/C22H20F2N4O3/c1-27(13-19-25-9-10-28(19)22(23)24)21(30)15-6-4-7-16(11-15)26-20(29)18-12-14-5-2-3-8-17(14)31-18/h2-11,18,22H,12-13H2,1H3,(H,26,29). The highest BCUT2D eigenvalue weighted by molar-refractivity contribution is 5.98. The van der Waals surface area contributed by atoms with Crippen LogP contribution in [0, 0.1) is 0 Å². The molecule has 9 heteroatoms. The molecule has 1 unspecified atom stereocenters. The van der Waals surface area contributed by atoms with Gasteiger partial charge in [0.2, 0.25) is 0 Å². The first-order valence-electron chi connectivity index (χ1n) is 9.63. The number of imidazole rings is 1. The zero-order valence-electron chi connectivity index (χ0n) is 16.7. The second-order valence-electron chi connectivity index (χ2n) is 7.18. The van der Waals surface area contributed by atoms with Gasteiger partial charge in [-0.25, -0.2) is 4.98 Å². The zero-order valence-corrected chi connectivity index (χ0v) is 16.7. The van der Waals surface area contributed by atoms with E-state index in [0.717, 1.165) is 11.8 Å². The van der Waals surface area contributed by atoms with E-state index >= 15 is 0 Å². The van der Waals surface area contributed by atoms with Crippen LogP contribution in [0.5, 0.6) is 5.75 Å². The van der Waals surface area contributed by atoms with Crippen LogP contribution in [-0.4, -0.2) is 39.4 Å². The molecule has 7 nitrogen and oxygen atoms in total. The number of amides is 2. The van der Waals surface area contributed by atoms with Gasteiger partial charge in [-0.2, -0.15) is 8.78 Å². The van der Waals surface area contributed by atoms with Crippen LogP contribution in [0.2, 0.25) is 0 Å². The number of hydrogen-bond acceptors (Lipinski definition) is 4. The Morgan fingerprint density at radius 1 is 1.26 bits per heavy atom. The average molecular weight is 426 g/mol. The molecular weight excluding hydrogens is 406 g/mol. The fourth-order valence-electron chi connectivity index (χ4n) is 3.43. The molecule has 0 aliphatic carbocycles. The fourth-order valence-corrected chi connectivity index (χ4v) is 3.43. The lowest BCUT2D eigenvalue weighted by Gasteiger charge is -2.18. The van der Waals surface area contributed by atoms with Gasteiger partial charge in [-0.05, 0) is 29.8 Å². The van der Waals surface area contributed by atoms with Crippen molar-refractivity contribution in [3.05, 3.63) is 77.9 Å². The molecule has 0 radical (unpaired) electrons. The van der Waals surface area contributed by atoms with Crippen molar-refractivity contribution in [2.24, 2.45) is 0 Å². The van der Waals surface area contributed by atoms with Gasteiger partial charge in [-0.1, -0.05) is 24.3 Å². The number of ether oxygens (including phenoxy) is 1. The molecule has 3 aromatic rings. The number of aromatic nitrogens is 2. The van der Waals surface area contributed by atoms with Crippen molar-refractivity contribution in [1.29, 1.82) is 0 Å². The molecule has 0 spiro atoms. The summed E-state index contributed by atoms with van der Waals surface area (Å²) in [5.74, 6) is 0.0705. The summed E-state index contributed by atoms with van der Waals surface area (Å²) in [5.41, 5.74) is 1.72. The Kier molecular flexibility index (Phi) is 5.66. The van der Waals surface area contributed by atoms with Crippen molar-refractivity contribution in [2.45, 2.75) is 25.6 Å². The van der Waals surface area contributed by atoms with E-state index in [9.17, 15) is 18.4 Å². The fraction of sp³-hybridized carbons (Fsp3) is 0.227. The van der Waals surface area contributed by atoms with Gasteiger partial charge < -0.3 is 15.0 Å². The molecular formula is C22H20F2N4O3. The molecule has 1 atom stereocenters. The second kappa shape index (κ2) is 8.55. The largest absolute Gasteiger partial charge is 0.480 e. The van der Waals surface area contributed by atoms with Crippen LogP contribution in [0.4, 0.5) is 14.5 Å². The summed E-state index contributed by atoms with van der Waals surface area (Å²) in [6.07, 6.45) is 2.25. The molecule has 1 aromatic heterocycles. The van der Waals surface area contributed by atoms with Crippen LogP contribution in [0.25, 0.3) is 0 Å². The summed E-state index contributed by atoms with van der Waals surface area (Å²) in [6, 6.07) is 13.9. The lowest BCUT2D eigenvalue weighted by Crippen LogP contribution is -2.31. The topological polar surface area (TPSA) is 76.5 Å². The molecule has 0 bridgehead atoms. The van der Waals surface area contributed by atoms with Crippen LogP contribution in [-0.2, 0) is 17.8 Å². The van der Waals surface area contributed by atoms with Crippen molar-refractivity contribution in [3.8, 4) is 5.75 Å². The van der Waals surface area contributed by atoms with Gasteiger partial charge in [0.05, 0.1) is 6.54 Å². The summed E-state index contributed by atoms with van der Waals surface area (Å²) < 4.78 is 32.4. The van der Waals surface area contributed by atoms with E-state index in [2.05, 4.69) is 10.3 Å². The highest BCUT2D eigenvalue weighted by Gasteiger charge is 2.29. The SMILES string of the molecule is CN(Cc1nccn1C(F)F)C(=O)c1cccc(NC(=O)C2Cc3ccccc3O2)c1. The predicted octanol–water partition coefficient (Wildman–Crippen LogP) is 3.49. The van der Waals surface area contributed by atoms with Crippen LogP contribution in [0.15, 0.2) is 60.9 Å². The molecule has 2 heterocycles. The van der Waals surface area contributed by atoms with E-state index < -0.39 is 12.7 Å². The lowest BCUT2D eigenvalue weighted by atomic mass is 10.1.